The zero-order valence-electron chi connectivity index (χ0n) is 6.73. The van der Waals surface area contributed by atoms with Gasteiger partial charge in [0.2, 0.25) is 5.91 Å². The highest BCUT2D eigenvalue weighted by atomic mass is 31.2. The van der Waals surface area contributed by atoms with Crippen LogP contribution in [0.2, 0.25) is 0 Å². The van der Waals surface area contributed by atoms with Crippen LogP contribution < -0.4 is 5.32 Å². The minimum Gasteiger partial charge on any atom is -0.352 e. The number of nitrogens with one attached hydrogen (secondary N) is 1. The molecule has 5 nitrogen and oxygen atoms in total. The van der Waals surface area contributed by atoms with Crippen LogP contribution in [0.25, 0.3) is 0 Å². The highest BCUT2D eigenvalue weighted by molar-refractivity contribution is 7.52. The van der Waals surface area contributed by atoms with E-state index in [4.69, 9.17) is 9.79 Å². The number of rotatable bonds is 4. The normalized spacial score (nSPS) is 13.6. The zero-order valence-corrected chi connectivity index (χ0v) is 7.62. The van der Waals surface area contributed by atoms with Gasteiger partial charge in [-0.05, 0) is 13.0 Å². The van der Waals surface area contributed by atoms with Crippen molar-refractivity contribution in [1.82, 2.24) is 5.32 Å². The fourth-order valence-electron chi connectivity index (χ4n) is 0.439. The van der Waals surface area contributed by atoms with Crippen molar-refractivity contribution >= 4 is 13.5 Å². The lowest BCUT2D eigenvalue weighted by Gasteiger charge is -2.12. The molecule has 0 fully saturated rings. The lowest BCUT2D eigenvalue weighted by molar-refractivity contribution is -0.116. The fraction of sp³-hybridized carbons (Fsp3) is 0.500. The summed E-state index contributed by atoms with van der Waals surface area (Å²) in [7, 11) is -4.07. The second kappa shape index (κ2) is 4.40. The molecule has 0 rings (SSSR count). The summed E-state index contributed by atoms with van der Waals surface area (Å²) >= 11 is 0. The third-order valence-electron chi connectivity index (χ3n) is 1.33. The Morgan fingerprint density at radius 3 is 2.58 bits per heavy atom. The molecule has 0 aromatic heterocycles. The maximum absolute atomic E-state index is 10.6. The number of amides is 1. The van der Waals surface area contributed by atoms with Crippen LogP contribution in [0.4, 0.5) is 0 Å². The molecule has 1 amide bonds. The van der Waals surface area contributed by atoms with Crippen molar-refractivity contribution in [2.75, 3.05) is 6.54 Å². The molecule has 0 bridgehead atoms. The van der Waals surface area contributed by atoms with Gasteiger partial charge in [0, 0.05) is 6.54 Å². The molecular weight excluding hydrogens is 181 g/mol. The van der Waals surface area contributed by atoms with Crippen LogP contribution in [0.5, 0.6) is 0 Å². The Labute approximate surface area is 70.6 Å². The van der Waals surface area contributed by atoms with E-state index >= 15 is 0 Å². The van der Waals surface area contributed by atoms with E-state index in [-0.39, 0.29) is 6.54 Å². The summed E-state index contributed by atoms with van der Waals surface area (Å²) in [5.41, 5.74) is -0.860. The molecule has 0 aliphatic rings. The quantitative estimate of drug-likeness (QED) is 0.428. The molecule has 0 spiro atoms. The first kappa shape index (κ1) is 11.4. The molecule has 6 heteroatoms. The number of hydrogen-bond acceptors (Lipinski definition) is 2. The van der Waals surface area contributed by atoms with Gasteiger partial charge in [-0.1, -0.05) is 6.58 Å². The van der Waals surface area contributed by atoms with E-state index in [1.54, 1.807) is 0 Å². The van der Waals surface area contributed by atoms with Crippen molar-refractivity contribution in [3.8, 4) is 0 Å². The van der Waals surface area contributed by atoms with E-state index in [9.17, 15) is 9.36 Å². The Bertz CT molecular complexity index is 222. The van der Waals surface area contributed by atoms with E-state index in [1.165, 1.54) is 6.92 Å². The second-order valence-corrected chi connectivity index (χ2v) is 4.45. The third-order valence-corrected chi connectivity index (χ3v) is 2.66. The second-order valence-electron chi connectivity index (χ2n) is 2.39. The smallest absolute Gasteiger partial charge is 0.330 e. The summed E-state index contributed by atoms with van der Waals surface area (Å²) in [5, 5.41) is 2.29. The molecule has 0 saturated carbocycles. The van der Waals surface area contributed by atoms with Crippen LogP contribution in [-0.4, -0.2) is 27.9 Å². The van der Waals surface area contributed by atoms with E-state index in [0.717, 1.165) is 6.08 Å². The van der Waals surface area contributed by atoms with E-state index in [1.807, 2.05) is 0 Å². The van der Waals surface area contributed by atoms with Crippen molar-refractivity contribution in [1.29, 1.82) is 0 Å². The van der Waals surface area contributed by atoms with Gasteiger partial charge in [-0.3, -0.25) is 9.36 Å². The summed E-state index contributed by atoms with van der Waals surface area (Å²) in [4.78, 5) is 27.8. The van der Waals surface area contributed by atoms with Crippen LogP contribution in [0.15, 0.2) is 12.7 Å². The van der Waals surface area contributed by atoms with Gasteiger partial charge < -0.3 is 15.1 Å². The summed E-state index contributed by atoms with van der Waals surface area (Å²) < 4.78 is 10.5. The Morgan fingerprint density at radius 1 is 1.75 bits per heavy atom. The SMILES string of the molecule is C=CC(=O)NCC(C)P(=O)(O)O. The van der Waals surface area contributed by atoms with Gasteiger partial charge in [-0.2, -0.15) is 0 Å². The summed E-state index contributed by atoms with van der Waals surface area (Å²) in [6.07, 6.45) is 1.05. The standard InChI is InChI=1S/C6H12NO4P/c1-3-6(8)7-4-5(2)12(9,10)11/h3,5H,1,4H2,2H3,(H,7,8)(H2,9,10,11). The molecular formula is C6H12NO4P. The predicted molar refractivity (Wildman–Crippen MR) is 44.7 cm³/mol. The highest BCUT2D eigenvalue weighted by Gasteiger charge is 2.23. The maximum Gasteiger partial charge on any atom is 0.330 e. The molecule has 1 unspecified atom stereocenters. The molecule has 3 N–H and O–H groups in total. The lowest BCUT2D eigenvalue weighted by atomic mass is 10.4. The Balaban J connectivity index is 3.88. The molecule has 0 aliphatic carbocycles. The van der Waals surface area contributed by atoms with Gasteiger partial charge >= 0.3 is 7.60 Å². The minimum absolute atomic E-state index is 0.0465. The Kier molecular flexibility index (Phi) is 4.17. The van der Waals surface area contributed by atoms with Crippen molar-refractivity contribution in [2.24, 2.45) is 0 Å². The average molecular weight is 193 g/mol. The van der Waals surface area contributed by atoms with Gasteiger partial charge in [-0.15, -0.1) is 0 Å². The molecule has 0 aliphatic heterocycles. The topological polar surface area (TPSA) is 86.6 Å². The largest absolute Gasteiger partial charge is 0.352 e. The molecule has 70 valence electrons. The fourth-order valence-corrected chi connectivity index (χ4v) is 0.769. The van der Waals surface area contributed by atoms with Crippen molar-refractivity contribution < 1.29 is 19.1 Å². The van der Waals surface area contributed by atoms with Crippen molar-refractivity contribution in [3.63, 3.8) is 0 Å². The van der Waals surface area contributed by atoms with E-state index in [0.29, 0.717) is 0 Å². The van der Waals surface area contributed by atoms with Crippen molar-refractivity contribution in [2.45, 2.75) is 12.6 Å². The number of hydrogen-bond donors (Lipinski definition) is 3. The molecule has 0 aromatic carbocycles. The molecule has 0 saturated heterocycles. The minimum atomic E-state index is -4.07. The van der Waals surface area contributed by atoms with Gasteiger partial charge in [0.05, 0.1) is 5.66 Å². The predicted octanol–water partition coefficient (Wildman–Crippen LogP) is -0.145. The summed E-state index contributed by atoms with van der Waals surface area (Å²) in [5.74, 6) is -0.435. The molecule has 0 radical (unpaired) electrons. The molecule has 1 atom stereocenters. The van der Waals surface area contributed by atoms with E-state index in [2.05, 4.69) is 11.9 Å². The van der Waals surface area contributed by atoms with Crippen molar-refractivity contribution in [3.05, 3.63) is 12.7 Å². The molecule has 12 heavy (non-hydrogen) atoms. The van der Waals surface area contributed by atoms with Crippen LogP contribution in [0.3, 0.4) is 0 Å². The van der Waals surface area contributed by atoms with Crippen LogP contribution in [0.1, 0.15) is 6.92 Å². The zero-order chi connectivity index (χ0) is 9.78. The van der Waals surface area contributed by atoms with Crippen LogP contribution >= 0.6 is 7.60 Å². The summed E-state index contributed by atoms with van der Waals surface area (Å²) in [6, 6.07) is 0. The highest BCUT2D eigenvalue weighted by Crippen LogP contribution is 2.40. The first-order chi connectivity index (χ1) is 5.38. The van der Waals surface area contributed by atoms with Gasteiger partial charge in [0.1, 0.15) is 0 Å². The van der Waals surface area contributed by atoms with Crippen LogP contribution in [0, 0.1) is 0 Å². The van der Waals surface area contributed by atoms with Gasteiger partial charge in [0.15, 0.2) is 0 Å². The van der Waals surface area contributed by atoms with Crippen LogP contribution in [-0.2, 0) is 9.36 Å². The number of carbonyl (C=O) groups is 1. The lowest BCUT2D eigenvalue weighted by Crippen LogP contribution is -2.29. The monoisotopic (exact) mass is 193 g/mol. The average Bonchev–Trinajstić information content (AvgIpc) is 1.97. The first-order valence-electron chi connectivity index (χ1n) is 3.33. The first-order valence-corrected chi connectivity index (χ1v) is 5.01. The maximum atomic E-state index is 10.6. The van der Waals surface area contributed by atoms with E-state index < -0.39 is 19.2 Å². The molecule has 0 aromatic rings. The van der Waals surface area contributed by atoms with Gasteiger partial charge in [-0.25, -0.2) is 0 Å². The molecule has 0 heterocycles. The third kappa shape index (κ3) is 4.28. The Morgan fingerprint density at radius 2 is 2.25 bits per heavy atom. The van der Waals surface area contributed by atoms with Gasteiger partial charge in [0.25, 0.3) is 0 Å². The number of carbonyl (C=O) groups excluding carboxylic acids is 1. The summed E-state index contributed by atoms with van der Waals surface area (Å²) in [6.45, 7) is 4.51. The Hall–Kier alpha value is -0.640.